The first-order chi connectivity index (χ1) is 11.6. The lowest BCUT2D eigenvalue weighted by Gasteiger charge is -2.08. The van der Waals surface area contributed by atoms with Crippen LogP contribution in [-0.2, 0) is 6.54 Å². The molecule has 0 saturated heterocycles. The van der Waals surface area contributed by atoms with E-state index in [0.717, 1.165) is 11.1 Å². The average molecular weight is 361 g/mol. The Kier molecular flexibility index (Phi) is 4.85. The van der Waals surface area contributed by atoms with Crippen LogP contribution in [0.4, 0.5) is 0 Å². The molecule has 122 valence electrons. The van der Waals surface area contributed by atoms with Crippen molar-refractivity contribution in [2.45, 2.75) is 6.54 Å². The van der Waals surface area contributed by atoms with Gasteiger partial charge in [-0.25, -0.2) is 5.84 Å². The number of aromatic nitrogens is 2. The number of nitrogens with zero attached hydrogens (tertiary/aromatic N) is 2. The summed E-state index contributed by atoms with van der Waals surface area (Å²) in [7, 11) is 0. The molecule has 0 saturated carbocycles. The minimum absolute atomic E-state index is 0.301. The van der Waals surface area contributed by atoms with E-state index < -0.39 is 5.91 Å². The lowest BCUT2D eigenvalue weighted by Crippen LogP contribution is -2.32. The highest BCUT2D eigenvalue weighted by Crippen LogP contribution is 2.24. The molecule has 1 amide bonds. The summed E-state index contributed by atoms with van der Waals surface area (Å²) in [6, 6.07) is 16.4. The molecule has 0 spiro atoms. The summed E-state index contributed by atoms with van der Waals surface area (Å²) >= 11 is 12.2. The van der Waals surface area contributed by atoms with Crippen molar-refractivity contribution in [1.82, 2.24) is 15.2 Å². The maximum absolute atomic E-state index is 12.1. The summed E-state index contributed by atoms with van der Waals surface area (Å²) in [5.74, 6) is 4.85. The average Bonchev–Trinajstić information content (AvgIpc) is 3.02. The second-order valence-electron chi connectivity index (χ2n) is 5.15. The monoisotopic (exact) mass is 360 g/mol. The van der Waals surface area contributed by atoms with Gasteiger partial charge in [-0.05, 0) is 29.8 Å². The van der Waals surface area contributed by atoms with E-state index in [1.54, 1.807) is 28.9 Å². The molecule has 0 aliphatic carbocycles. The van der Waals surface area contributed by atoms with Gasteiger partial charge in [-0.3, -0.25) is 14.9 Å². The van der Waals surface area contributed by atoms with Crippen LogP contribution in [0.3, 0.4) is 0 Å². The molecule has 5 nitrogen and oxygen atoms in total. The number of benzene rings is 2. The molecule has 0 bridgehead atoms. The van der Waals surface area contributed by atoms with Crippen LogP contribution in [0.2, 0.25) is 10.0 Å². The molecule has 2 aromatic carbocycles. The predicted molar refractivity (Wildman–Crippen MR) is 94.9 cm³/mol. The van der Waals surface area contributed by atoms with Gasteiger partial charge < -0.3 is 0 Å². The fourth-order valence-corrected chi connectivity index (χ4v) is 2.74. The van der Waals surface area contributed by atoms with E-state index in [2.05, 4.69) is 10.5 Å². The van der Waals surface area contributed by atoms with Crippen LogP contribution in [0.25, 0.3) is 11.3 Å². The smallest absolute Gasteiger partial charge is 0.283 e. The van der Waals surface area contributed by atoms with E-state index in [9.17, 15) is 4.79 Å². The SMILES string of the molecule is NNC(=O)c1cc(-c2ccccc2)nn1Cc1cc(Cl)ccc1Cl. The zero-order valence-corrected chi connectivity index (χ0v) is 14.1. The van der Waals surface area contributed by atoms with Crippen LogP contribution in [0.15, 0.2) is 54.6 Å². The summed E-state index contributed by atoms with van der Waals surface area (Å²) in [6.07, 6.45) is 0. The van der Waals surface area contributed by atoms with Gasteiger partial charge in [-0.1, -0.05) is 53.5 Å². The molecule has 3 N–H and O–H groups in total. The minimum atomic E-state index is -0.428. The maximum atomic E-state index is 12.1. The molecule has 7 heteroatoms. The van der Waals surface area contributed by atoms with E-state index in [1.807, 2.05) is 30.3 Å². The zero-order chi connectivity index (χ0) is 17.1. The highest BCUT2D eigenvalue weighted by Gasteiger charge is 2.16. The molecule has 0 atom stereocenters. The zero-order valence-electron chi connectivity index (χ0n) is 12.5. The first-order valence-electron chi connectivity index (χ1n) is 7.16. The number of halogens is 2. The molecule has 3 aromatic rings. The number of nitrogens with two attached hydrogens (primary N) is 1. The van der Waals surface area contributed by atoms with Crippen molar-refractivity contribution >= 4 is 29.1 Å². The van der Waals surface area contributed by atoms with Crippen LogP contribution in [0.5, 0.6) is 0 Å². The first-order valence-corrected chi connectivity index (χ1v) is 7.92. The van der Waals surface area contributed by atoms with Gasteiger partial charge in [-0.2, -0.15) is 5.10 Å². The number of nitrogen functional groups attached to an aromatic ring is 1. The van der Waals surface area contributed by atoms with Crippen LogP contribution in [-0.4, -0.2) is 15.7 Å². The fraction of sp³-hybridized carbons (Fsp3) is 0.0588. The van der Waals surface area contributed by atoms with Gasteiger partial charge in [0.15, 0.2) is 0 Å². The number of nitrogens with one attached hydrogen (secondary N) is 1. The van der Waals surface area contributed by atoms with Gasteiger partial charge in [0.05, 0.1) is 12.2 Å². The Hall–Kier alpha value is -2.34. The van der Waals surface area contributed by atoms with Crippen molar-refractivity contribution in [2.75, 3.05) is 0 Å². The number of hydrogen-bond donors (Lipinski definition) is 2. The maximum Gasteiger partial charge on any atom is 0.283 e. The molecule has 3 rings (SSSR count). The molecular weight excluding hydrogens is 347 g/mol. The Balaban J connectivity index is 2.04. The third kappa shape index (κ3) is 3.43. The second kappa shape index (κ2) is 7.05. The number of amides is 1. The summed E-state index contributed by atoms with van der Waals surface area (Å²) in [6.45, 7) is 0.301. The number of carbonyl (C=O) groups is 1. The lowest BCUT2D eigenvalue weighted by molar-refractivity contribution is 0.0943. The fourth-order valence-electron chi connectivity index (χ4n) is 2.37. The highest BCUT2D eigenvalue weighted by molar-refractivity contribution is 6.33. The van der Waals surface area contributed by atoms with Crippen molar-refractivity contribution in [3.05, 3.63) is 75.9 Å². The van der Waals surface area contributed by atoms with Gasteiger partial charge in [0.1, 0.15) is 5.69 Å². The lowest BCUT2D eigenvalue weighted by atomic mass is 10.1. The molecule has 0 aliphatic rings. The van der Waals surface area contributed by atoms with Gasteiger partial charge in [0, 0.05) is 15.6 Å². The normalized spacial score (nSPS) is 10.6. The van der Waals surface area contributed by atoms with E-state index in [0.29, 0.717) is 28.0 Å². The number of hydrogen-bond acceptors (Lipinski definition) is 3. The standard InChI is InChI=1S/C17H14Cl2N4O/c18-13-6-7-14(19)12(8-13)10-23-16(17(24)21-20)9-15(22-23)11-4-2-1-3-5-11/h1-9H,10,20H2,(H,21,24). The van der Waals surface area contributed by atoms with Crippen molar-refractivity contribution in [2.24, 2.45) is 5.84 Å². The molecule has 0 unspecified atom stereocenters. The second-order valence-corrected chi connectivity index (χ2v) is 5.99. The summed E-state index contributed by atoms with van der Waals surface area (Å²) in [4.78, 5) is 12.1. The van der Waals surface area contributed by atoms with E-state index in [-0.39, 0.29) is 0 Å². The van der Waals surface area contributed by atoms with E-state index in [1.165, 1.54) is 0 Å². The molecular formula is C17H14Cl2N4O. The molecule has 0 fully saturated rings. The quantitative estimate of drug-likeness (QED) is 0.424. The van der Waals surface area contributed by atoms with Crippen molar-refractivity contribution in [3.8, 4) is 11.3 Å². The van der Waals surface area contributed by atoms with Gasteiger partial charge >= 0.3 is 0 Å². The minimum Gasteiger partial charge on any atom is -0.289 e. The van der Waals surface area contributed by atoms with Crippen LogP contribution in [0, 0.1) is 0 Å². The molecule has 0 aliphatic heterocycles. The van der Waals surface area contributed by atoms with Crippen molar-refractivity contribution < 1.29 is 4.79 Å². The van der Waals surface area contributed by atoms with Crippen LogP contribution >= 0.6 is 23.2 Å². The summed E-state index contributed by atoms with van der Waals surface area (Å²) in [5.41, 5.74) is 4.82. The van der Waals surface area contributed by atoms with Crippen molar-refractivity contribution in [3.63, 3.8) is 0 Å². The highest BCUT2D eigenvalue weighted by atomic mass is 35.5. The molecule has 0 radical (unpaired) electrons. The summed E-state index contributed by atoms with van der Waals surface area (Å²) < 4.78 is 1.56. The largest absolute Gasteiger partial charge is 0.289 e. The Morgan fingerprint density at radius 3 is 2.58 bits per heavy atom. The van der Waals surface area contributed by atoms with Gasteiger partial charge in [-0.15, -0.1) is 0 Å². The van der Waals surface area contributed by atoms with Crippen LogP contribution < -0.4 is 11.3 Å². The van der Waals surface area contributed by atoms with Gasteiger partial charge in [0.25, 0.3) is 5.91 Å². The predicted octanol–water partition coefficient (Wildman–Crippen LogP) is 3.51. The molecule has 24 heavy (non-hydrogen) atoms. The Morgan fingerprint density at radius 2 is 1.88 bits per heavy atom. The Bertz CT molecular complexity index is 878. The Morgan fingerprint density at radius 1 is 1.12 bits per heavy atom. The van der Waals surface area contributed by atoms with Crippen LogP contribution in [0.1, 0.15) is 16.1 Å². The third-order valence-electron chi connectivity index (χ3n) is 3.54. The van der Waals surface area contributed by atoms with E-state index in [4.69, 9.17) is 29.0 Å². The molecule has 1 heterocycles. The number of rotatable bonds is 4. The third-order valence-corrected chi connectivity index (χ3v) is 4.14. The Labute approximate surface area is 149 Å². The number of carbonyl (C=O) groups excluding carboxylic acids is 1. The molecule has 1 aromatic heterocycles. The van der Waals surface area contributed by atoms with E-state index >= 15 is 0 Å². The topological polar surface area (TPSA) is 72.9 Å². The number of hydrazine groups is 1. The summed E-state index contributed by atoms with van der Waals surface area (Å²) in [5, 5.41) is 5.63. The van der Waals surface area contributed by atoms with Gasteiger partial charge in [0.2, 0.25) is 0 Å². The van der Waals surface area contributed by atoms with Crippen molar-refractivity contribution in [1.29, 1.82) is 0 Å². The first kappa shape index (κ1) is 16.5.